The molecular formula is C14H21N7O10S. The van der Waals surface area contributed by atoms with E-state index < -0.39 is 58.7 Å². The maximum absolute atomic E-state index is 11.2. The first-order chi connectivity index (χ1) is 14.9. The summed E-state index contributed by atoms with van der Waals surface area (Å²) >= 11 is 0. The standard InChI is InChI=1S/C14H21N7O10S/c1-8(30-26)20(6-10(22)23)13-17-12(15-4-5-16-32(3,28)29)18-14(19-13)21(7-11(24)25)9(2)31-27/h16,26-27H,1-2,4-7H2,3H3,(H,22,23)(H,24,25)(H,15,17,18,19). The zero-order valence-electron chi connectivity index (χ0n) is 16.6. The number of nitrogens with zero attached hydrogens (tertiary/aromatic N) is 5. The van der Waals surface area contributed by atoms with E-state index in [4.69, 9.17) is 20.7 Å². The first-order valence-electron chi connectivity index (χ1n) is 8.31. The number of sulfonamides is 1. The third-order valence-corrected chi connectivity index (χ3v) is 4.00. The molecule has 0 aliphatic rings. The number of nitrogens with one attached hydrogen (secondary N) is 2. The van der Waals surface area contributed by atoms with Crippen molar-refractivity contribution < 1.29 is 48.5 Å². The average Bonchev–Trinajstić information content (AvgIpc) is 2.71. The summed E-state index contributed by atoms with van der Waals surface area (Å²) in [6, 6.07) is 0. The molecule has 0 bridgehead atoms. The molecule has 0 saturated heterocycles. The van der Waals surface area contributed by atoms with Crippen molar-refractivity contribution in [3.05, 3.63) is 24.9 Å². The largest absolute Gasteiger partial charge is 0.480 e. The molecule has 0 atom stereocenters. The van der Waals surface area contributed by atoms with Crippen molar-refractivity contribution in [1.29, 1.82) is 0 Å². The van der Waals surface area contributed by atoms with Gasteiger partial charge in [-0.15, -0.1) is 0 Å². The minimum absolute atomic E-state index is 0.0529. The molecule has 18 heteroatoms. The number of carbonyl (C=O) groups is 2. The Morgan fingerprint density at radius 1 is 0.938 bits per heavy atom. The molecule has 0 saturated carbocycles. The molecule has 6 N–H and O–H groups in total. The molecule has 1 aromatic heterocycles. The van der Waals surface area contributed by atoms with Gasteiger partial charge in [-0.25, -0.2) is 23.7 Å². The highest BCUT2D eigenvalue weighted by Crippen LogP contribution is 2.21. The van der Waals surface area contributed by atoms with Crippen LogP contribution in [0.4, 0.5) is 17.8 Å². The van der Waals surface area contributed by atoms with Crippen LogP contribution in [0, 0.1) is 0 Å². The minimum atomic E-state index is -3.48. The Labute approximate surface area is 181 Å². The Balaban J connectivity index is 3.44. The van der Waals surface area contributed by atoms with Crippen molar-refractivity contribution in [1.82, 2.24) is 19.7 Å². The molecule has 32 heavy (non-hydrogen) atoms. The highest BCUT2D eigenvalue weighted by molar-refractivity contribution is 7.88. The summed E-state index contributed by atoms with van der Waals surface area (Å²) in [4.78, 5) is 43.4. The second-order valence-electron chi connectivity index (χ2n) is 5.78. The number of anilines is 3. The van der Waals surface area contributed by atoms with Gasteiger partial charge >= 0.3 is 11.9 Å². The Morgan fingerprint density at radius 3 is 1.72 bits per heavy atom. The summed E-state index contributed by atoms with van der Waals surface area (Å²) in [6.07, 6.45) is 0.945. The van der Waals surface area contributed by atoms with Gasteiger partial charge in [0.05, 0.1) is 6.26 Å². The fourth-order valence-electron chi connectivity index (χ4n) is 2.00. The predicted octanol–water partition coefficient (Wildman–Crippen LogP) is -1.46. The van der Waals surface area contributed by atoms with Crippen LogP contribution in [0.15, 0.2) is 24.9 Å². The van der Waals surface area contributed by atoms with Crippen molar-refractivity contribution in [2.75, 3.05) is 47.6 Å². The van der Waals surface area contributed by atoms with E-state index in [1.807, 2.05) is 0 Å². The number of hydrogen-bond acceptors (Lipinski definition) is 14. The second-order valence-corrected chi connectivity index (χ2v) is 7.62. The topological polar surface area (TPSA) is 237 Å². The van der Waals surface area contributed by atoms with E-state index in [1.54, 1.807) is 0 Å². The van der Waals surface area contributed by atoms with Crippen LogP contribution in [0.3, 0.4) is 0 Å². The van der Waals surface area contributed by atoms with Gasteiger partial charge in [-0.3, -0.25) is 19.4 Å². The Hall–Kier alpha value is -3.74. The van der Waals surface area contributed by atoms with Gasteiger partial charge < -0.3 is 25.3 Å². The molecule has 1 aromatic rings. The monoisotopic (exact) mass is 479 g/mol. The molecular weight excluding hydrogens is 458 g/mol. The van der Waals surface area contributed by atoms with Crippen LogP contribution in [0.25, 0.3) is 0 Å². The molecule has 0 amide bonds. The lowest BCUT2D eigenvalue weighted by molar-refractivity contribution is -0.204. The first kappa shape index (κ1) is 26.3. The zero-order chi connectivity index (χ0) is 24.5. The van der Waals surface area contributed by atoms with Crippen molar-refractivity contribution in [2.24, 2.45) is 0 Å². The number of rotatable bonds is 15. The van der Waals surface area contributed by atoms with Gasteiger partial charge in [0.25, 0.3) is 0 Å². The molecule has 0 unspecified atom stereocenters. The van der Waals surface area contributed by atoms with Crippen LogP contribution in [-0.4, -0.2) is 88.5 Å². The molecule has 178 valence electrons. The molecule has 0 aliphatic heterocycles. The van der Waals surface area contributed by atoms with Gasteiger partial charge in [-0.1, -0.05) is 0 Å². The second kappa shape index (κ2) is 11.6. The Morgan fingerprint density at radius 2 is 1.38 bits per heavy atom. The van der Waals surface area contributed by atoms with E-state index in [1.165, 1.54) is 0 Å². The van der Waals surface area contributed by atoms with Crippen molar-refractivity contribution >= 4 is 39.8 Å². The summed E-state index contributed by atoms with van der Waals surface area (Å²) in [5.74, 6) is -5.23. The number of aromatic nitrogens is 3. The van der Waals surface area contributed by atoms with Gasteiger partial charge in [0.15, 0.2) is 0 Å². The van der Waals surface area contributed by atoms with E-state index in [2.05, 4.69) is 47.9 Å². The van der Waals surface area contributed by atoms with E-state index in [9.17, 15) is 18.0 Å². The number of carboxylic acid groups (broad SMARTS) is 2. The Kier molecular flexibility index (Phi) is 9.53. The van der Waals surface area contributed by atoms with E-state index in [0.29, 0.717) is 9.80 Å². The number of carboxylic acids is 2. The third kappa shape index (κ3) is 8.55. The lowest BCUT2D eigenvalue weighted by Gasteiger charge is -2.24. The smallest absolute Gasteiger partial charge is 0.323 e. The molecule has 1 heterocycles. The first-order valence-corrected chi connectivity index (χ1v) is 10.2. The lowest BCUT2D eigenvalue weighted by Crippen LogP contribution is -2.34. The van der Waals surface area contributed by atoms with Crippen LogP contribution in [-0.2, 0) is 29.4 Å². The SMILES string of the molecule is C=C(OO)N(CC(=O)O)c1nc(NCCNS(C)(=O)=O)nc(N(CC(=O)O)C(=C)OO)n1. The molecule has 1 rings (SSSR count). The summed E-state index contributed by atoms with van der Waals surface area (Å²) in [7, 11) is -3.48. The Bertz CT molecular complexity index is 916. The maximum atomic E-state index is 11.2. The summed E-state index contributed by atoms with van der Waals surface area (Å²) in [5, 5.41) is 38.6. The normalized spacial score (nSPS) is 10.7. The van der Waals surface area contributed by atoms with Crippen molar-refractivity contribution in [2.45, 2.75) is 0 Å². The van der Waals surface area contributed by atoms with Crippen molar-refractivity contribution in [3.63, 3.8) is 0 Å². The summed E-state index contributed by atoms with van der Waals surface area (Å²) in [5.41, 5.74) is 0. The third-order valence-electron chi connectivity index (χ3n) is 3.27. The van der Waals surface area contributed by atoms with Crippen LogP contribution in [0.2, 0.25) is 0 Å². The van der Waals surface area contributed by atoms with Crippen LogP contribution >= 0.6 is 0 Å². The fourth-order valence-corrected chi connectivity index (χ4v) is 2.47. The molecule has 0 aromatic carbocycles. The highest BCUT2D eigenvalue weighted by Gasteiger charge is 2.25. The molecule has 0 spiro atoms. The maximum Gasteiger partial charge on any atom is 0.323 e. The van der Waals surface area contributed by atoms with Crippen LogP contribution < -0.4 is 19.8 Å². The van der Waals surface area contributed by atoms with E-state index in [-0.39, 0.29) is 19.0 Å². The quantitative estimate of drug-likeness (QED) is 0.0728. The lowest BCUT2D eigenvalue weighted by atomic mass is 10.5. The van der Waals surface area contributed by atoms with Crippen molar-refractivity contribution in [3.8, 4) is 0 Å². The van der Waals surface area contributed by atoms with Gasteiger partial charge in [0.1, 0.15) is 13.1 Å². The molecule has 17 nitrogen and oxygen atoms in total. The molecule has 0 fully saturated rings. The van der Waals surface area contributed by atoms with Gasteiger partial charge in [-0.05, 0) is 13.2 Å². The highest BCUT2D eigenvalue weighted by atomic mass is 32.2. The van der Waals surface area contributed by atoms with E-state index in [0.717, 1.165) is 6.26 Å². The average molecular weight is 479 g/mol. The predicted molar refractivity (Wildman–Crippen MR) is 107 cm³/mol. The van der Waals surface area contributed by atoms with Gasteiger partial charge in [0.2, 0.25) is 39.6 Å². The summed E-state index contributed by atoms with van der Waals surface area (Å²) in [6.45, 7) is 4.80. The molecule has 0 aliphatic carbocycles. The van der Waals surface area contributed by atoms with Gasteiger partial charge in [0, 0.05) is 13.1 Å². The van der Waals surface area contributed by atoms with Crippen LogP contribution in [0.5, 0.6) is 0 Å². The summed E-state index contributed by atoms with van der Waals surface area (Å²) < 4.78 is 24.5. The van der Waals surface area contributed by atoms with Crippen LogP contribution in [0.1, 0.15) is 0 Å². The fraction of sp³-hybridized carbons (Fsp3) is 0.357. The molecule has 0 radical (unpaired) electrons. The minimum Gasteiger partial charge on any atom is -0.480 e. The van der Waals surface area contributed by atoms with E-state index >= 15 is 0 Å². The number of aliphatic carboxylic acids is 2. The van der Waals surface area contributed by atoms with Gasteiger partial charge in [-0.2, -0.15) is 15.0 Å². The zero-order valence-corrected chi connectivity index (χ0v) is 17.4. The number of hydrogen-bond donors (Lipinski definition) is 6.